The van der Waals surface area contributed by atoms with Crippen molar-refractivity contribution in [2.24, 2.45) is 0 Å². The summed E-state index contributed by atoms with van der Waals surface area (Å²) in [5.41, 5.74) is 1.36. The number of benzene rings is 1. The number of methoxy groups -OCH3 is 2. The van der Waals surface area contributed by atoms with Crippen molar-refractivity contribution in [2.45, 2.75) is 70.3 Å². The topological polar surface area (TPSA) is 18.5 Å². The molecule has 2 unspecified atom stereocenters. The van der Waals surface area contributed by atoms with Gasteiger partial charge in [-0.05, 0) is 18.4 Å². The number of rotatable bonds is 13. The smallest absolute Gasteiger partial charge is 0.0578 e. The Morgan fingerprint density at radius 3 is 2.23 bits per heavy atom. The van der Waals surface area contributed by atoms with Crippen molar-refractivity contribution in [2.75, 3.05) is 20.8 Å². The lowest BCUT2D eigenvalue weighted by molar-refractivity contribution is 0.0666. The largest absolute Gasteiger partial charge is 0.384 e. The minimum Gasteiger partial charge on any atom is -0.384 e. The number of unbranched alkanes of at least 4 members (excludes halogenated alkanes) is 5. The first-order valence-corrected chi connectivity index (χ1v) is 8.88. The van der Waals surface area contributed by atoms with E-state index in [1.165, 1.54) is 44.1 Å². The molecule has 0 saturated heterocycles. The summed E-state index contributed by atoms with van der Waals surface area (Å²) < 4.78 is 11.1. The van der Waals surface area contributed by atoms with E-state index in [-0.39, 0.29) is 0 Å². The first-order chi connectivity index (χ1) is 10.8. The molecule has 0 bridgehead atoms. The molecule has 2 atom stereocenters. The molecule has 2 heteroatoms. The Morgan fingerprint density at radius 1 is 0.909 bits per heavy atom. The van der Waals surface area contributed by atoms with Crippen LogP contribution < -0.4 is 0 Å². The van der Waals surface area contributed by atoms with Crippen LogP contribution in [0.1, 0.15) is 69.8 Å². The molecule has 1 aromatic rings. The molecule has 22 heavy (non-hydrogen) atoms. The third-order valence-electron chi connectivity index (χ3n) is 4.40. The van der Waals surface area contributed by atoms with Crippen molar-refractivity contribution in [1.29, 1.82) is 0 Å². The highest BCUT2D eigenvalue weighted by molar-refractivity contribution is 5.19. The van der Waals surface area contributed by atoms with E-state index in [4.69, 9.17) is 9.47 Å². The number of hydrogen-bond donors (Lipinski definition) is 0. The summed E-state index contributed by atoms with van der Waals surface area (Å²) in [6.45, 7) is 3.03. The molecule has 2 nitrogen and oxygen atoms in total. The van der Waals surface area contributed by atoms with Gasteiger partial charge >= 0.3 is 0 Å². The van der Waals surface area contributed by atoms with Crippen LogP contribution in [0.15, 0.2) is 30.3 Å². The average Bonchev–Trinajstić information content (AvgIpc) is 2.57. The van der Waals surface area contributed by atoms with Gasteiger partial charge in [0.2, 0.25) is 0 Å². The van der Waals surface area contributed by atoms with E-state index >= 15 is 0 Å². The van der Waals surface area contributed by atoms with Crippen LogP contribution in [0.2, 0.25) is 0 Å². The van der Waals surface area contributed by atoms with Crippen molar-refractivity contribution in [1.82, 2.24) is 0 Å². The Hall–Kier alpha value is -0.860. The molecule has 1 aromatic carbocycles. The lowest BCUT2D eigenvalue weighted by atomic mass is 9.92. The Balaban J connectivity index is 2.37. The molecule has 0 saturated carbocycles. The summed E-state index contributed by atoms with van der Waals surface area (Å²) in [5, 5.41) is 0. The molecule has 0 amide bonds. The zero-order chi connectivity index (χ0) is 16.0. The van der Waals surface area contributed by atoms with E-state index in [9.17, 15) is 0 Å². The van der Waals surface area contributed by atoms with Crippen molar-refractivity contribution < 1.29 is 9.47 Å². The zero-order valence-electron chi connectivity index (χ0n) is 14.7. The summed E-state index contributed by atoms with van der Waals surface area (Å²) in [7, 11) is 3.63. The fraction of sp³-hybridized carbons (Fsp3) is 0.700. The fourth-order valence-corrected chi connectivity index (χ4v) is 3.03. The first kappa shape index (κ1) is 19.2. The van der Waals surface area contributed by atoms with Crippen LogP contribution in [0, 0.1) is 0 Å². The number of hydrogen-bond acceptors (Lipinski definition) is 2. The monoisotopic (exact) mass is 306 g/mol. The molecular formula is C20H34O2. The van der Waals surface area contributed by atoms with Gasteiger partial charge in [0, 0.05) is 20.1 Å². The maximum atomic E-state index is 5.72. The van der Waals surface area contributed by atoms with Gasteiger partial charge in [0.05, 0.1) is 12.7 Å². The van der Waals surface area contributed by atoms with Crippen molar-refractivity contribution >= 4 is 0 Å². The summed E-state index contributed by atoms with van der Waals surface area (Å²) in [4.78, 5) is 0. The molecule has 0 heterocycles. The SMILES string of the molecule is CCCCCCCCC(CC(COC)c1ccccc1)OC. The molecule has 0 aromatic heterocycles. The molecule has 0 spiro atoms. The second-order valence-corrected chi connectivity index (χ2v) is 6.21. The zero-order valence-corrected chi connectivity index (χ0v) is 14.7. The van der Waals surface area contributed by atoms with E-state index in [1.54, 1.807) is 7.11 Å². The molecule has 126 valence electrons. The van der Waals surface area contributed by atoms with E-state index in [0.717, 1.165) is 19.4 Å². The predicted octanol–water partition coefficient (Wildman–Crippen LogP) is 5.57. The van der Waals surface area contributed by atoms with Crippen LogP contribution >= 0.6 is 0 Å². The van der Waals surface area contributed by atoms with E-state index in [1.807, 2.05) is 7.11 Å². The second-order valence-electron chi connectivity index (χ2n) is 6.21. The third-order valence-corrected chi connectivity index (χ3v) is 4.40. The molecule has 0 N–H and O–H groups in total. The Bertz CT molecular complexity index is 350. The lowest BCUT2D eigenvalue weighted by Gasteiger charge is -2.22. The highest BCUT2D eigenvalue weighted by Gasteiger charge is 2.17. The van der Waals surface area contributed by atoms with Gasteiger partial charge in [-0.1, -0.05) is 75.8 Å². The minimum atomic E-state index is 0.339. The fourth-order valence-electron chi connectivity index (χ4n) is 3.03. The molecular weight excluding hydrogens is 272 g/mol. The Morgan fingerprint density at radius 2 is 1.59 bits per heavy atom. The van der Waals surface area contributed by atoms with Crippen molar-refractivity contribution in [3.8, 4) is 0 Å². The van der Waals surface area contributed by atoms with Crippen molar-refractivity contribution in [3.05, 3.63) is 35.9 Å². The Labute approximate surface area is 137 Å². The normalized spacial score (nSPS) is 14.0. The van der Waals surface area contributed by atoms with Gasteiger partial charge in [0.1, 0.15) is 0 Å². The molecule has 0 radical (unpaired) electrons. The van der Waals surface area contributed by atoms with E-state index < -0.39 is 0 Å². The van der Waals surface area contributed by atoms with Gasteiger partial charge in [0.15, 0.2) is 0 Å². The van der Waals surface area contributed by atoms with Crippen LogP contribution in [0.5, 0.6) is 0 Å². The standard InChI is InChI=1S/C20H34O2/c1-4-5-6-7-8-12-15-20(22-3)16-19(17-21-2)18-13-10-9-11-14-18/h9-11,13-14,19-20H,4-8,12,15-17H2,1-3H3. The van der Waals surface area contributed by atoms with Crippen LogP contribution in [0.3, 0.4) is 0 Å². The molecule has 0 fully saturated rings. The van der Waals surface area contributed by atoms with Gasteiger partial charge in [-0.3, -0.25) is 0 Å². The minimum absolute atomic E-state index is 0.339. The average molecular weight is 306 g/mol. The first-order valence-electron chi connectivity index (χ1n) is 8.88. The van der Waals surface area contributed by atoms with Gasteiger partial charge in [-0.15, -0.1) is 0 Å². The second kappa shape index (κ2) is 12.7. The summed E-state index contributed by atoms with van der Waals surface area (Å²) in [6.07, 6.45) is 10.6. The van der Waals surface area contributed by atoms with Crippen LogP contribution in [-0.2, 0) is 9.47 Å². The van der Waals surface area contributed by atoms with Crippen LogP contribution in [0.4, 0.5) is 0 Å². The quantitative estimate of drug-likeness (QED) is 0.443. The summed E-state index contributed by atoms with van der Waals surface area (Å²) in [6, 6.07) is 10.7. The maximum Gasteiger partial charge on any atom is 0.0578 e. The van der Waals surface area contributed by atoms with Crippen LogP contribution in [-0.4, -0.2) is 26.9 Å². The highest BCUT2D eigenvalue weighted by atomic mass is 16.5. The van der Waals surface area contributed by atoms with E-state index in [0.29, 0.717) is 12.0 Å². The van der Waals surface area contributed by atoms with Crippen LogP contribution in [0.25, 0.3) is 0 Å². The van der Waals surface area contributed by atoms with Crippen molar-refractivity contribution in [3.63, 3.8) is 0 Å². The molecule has 1 rings (SSSR count). The summed E-state index contributed by atoms with van der Waals surface area (Å²) in [5.74, 6) is 0.427. The molecule has 0 aliphatic heterocycles. The van der Waals surface area contributed by atoms with Gasteiger partial charge in [-0.2, -0.15) is 0 Å². The molecule has 0 aliphatic rings. The molecule has 0 aliphatic carbocycles. The van der Waals surface area contributed by atoms with Gasteiger partial charge < -0.3 is 9.47 Å². The van der Waals surface area contributed by atoms with Gasteiger partial charge in [0.25, 0.3) is 0 Å². The third kappa shape index (κ3) is 7.95. The van der Waals surface area contributed by atoms with E-state index in [2.05, 4.69) is 37.3 Å². The predicted molar refractivity (Wildman–Crippen MR) is 94.5 cm³/mol. The maximum absolute atomic E-state index is 5.72. The number of ether oxygens (including phenoxy) is 2. The summed E-state index contributed by atoms with van der Waals surface area (Å²) >= 11 is 0. The lowest BCUT2D eigenvalue weighted by Crippen LogP contribution is -2.18. The highest BCUT2D eigenvalue weighted by Crippen LogP contribution is 2.25. The Kier molecular flexibility index (Phi) is 11.0. The van der Waals surface area contributed by atoms with Gasteiger partial charge in [-0.25, -0.2) is 0 Å².